The average molecular weight is 242 g/mol. The van der Waals surface area contributed by atoms with Crippen molar-refractivity contribution >= 4 is 11.6 Å². The van der Waals surface area contributed by atoms with Gasteiger partial charge in [0.25, 0.3) is 0 Å². The molecule has 0 amide bonds. The largest absolute Gasteiger partial charge is 0.490 e. The molecule has 0 aliphatic carbocycles. The van der Waals surface area contributed by atoms with Crippen molar-refractivity contribution in [2.75, 3.05) is 13.2 Å². The minimum atomic E-state index is 0.0854. The Morgan fingerprint density at radius 1 is 1.31 bits per heavy atom. The smallest absolute Gasteiger partial charge is 0.162 e. The highest BCUT2D eigenvalue weighted by Gasteiger charge is 2.14. The number of halogens is 1. The van der Waals surface area contributed by atoms with Gasteiger partial charge in [0.2, 0.25) is 0 Å². The van der Waals surface area contributed by atoms with Crippen molar-refractivity contribution < 1.29 is 9.47 Å². The molecule has 3 nitrogen and oxygen atoms in total. The van der Waals surface area contributed by atoms with E-state index in [1.807, 2.05) is 19.1 Å². The molecular weight excluding hydrogens is 226 g/mol. The van der Waals surface area contributed by atoms with Gasteiger partial charge in [0.05, 0.1) is 13.2 Å². The van der Waals surface area contributed by atoms with E-state index in [1.165, 1.54) is 0 Å². The Morgan fingerprint density at radius 3 is 2.56 bits per heavy atom. The van der Waals surface area contributed by atoms with E-state index in [0.29, 0.717) is 18.2 Å². The molecule has 0 bridgehead atoms. The number of nitrogens with two attached hydrogens (primary N) is 1. The highest BCUT2D eigenvalue weighted by molar-refractivity contribution is 6.31. The molecule has 0 radical (unpaired) electrons. The molecule has 1 atom stereocenters. The second-order valence-electron chi connectivity index (χ2n) is 4.12. The minimum Gasteiger partial charge on any atom is -0.490 e. The molecule has 0 saturated heterocycles. The van der Waals surface area contributed by atoms with Gasteiger partial charge in [-0.3, -0.25) is 0 Å². The fourth-order valence-electron chi connectivity index (χ4n) is 1.73. The minimum absolute atomic E-state index is 0.0854. The van der Waals surface area contributed by atoms with Gasteiger partial charge in [0, 0.05) is 23.6 Å². The third kappa shape index (κ3) is 2.60. The van der Waals surface area contributed by atoms with Gasteiger partial charge < -0.3 is 15.2 Å². The monoisotopic (exact) mass is 241 g/mol. The molecule has 0 aromatic heterocycles. The molecule has 1 aliphatic heterocycles. The zero-order chi connectivity index (χ0) is 11.5. The predicted molar refractivity (Wildman–Crippen MR) is 64.4 cm³/mol. The summed E-state index contributed by atoms with van der Waals surface area (Å²) >= 11 is 6.17. The maximum atomic E-state index is 6.17. The summed E-state index contributed by atoms with van der Waals surface area (Å²) in [6.45, 7) is 3.32. The summed E-state index contributed by atoms with van der Waals surface area (Å²) < 4.78 is 11.1. The van der Waals surface area contributed by atoms with Gasteiger partial charge in [-0.2, -0.15) is 0 Å². The van der Waals surface area contributed by atoms with E-state index >= 15 is 0 Å². The summed E-state index contributed by atoms with van der Waals surface area (Å²) in [4.78, 5) is 0. The van der Waals surface area contributed by atoms with Crippen LogP contribution in [-0.2, 0) is 6.42 Å². The molecule has 2 N–H and O–H groups in total. The molecule has 1 aromatic carbocycles. The normalized spacial score (nSPS) is 16.7. The van der Waals surface area contributed by atoms with Crippen LogP contribution in [0.2, 0.25) is 5.02 Å². The van der Waals surface area contributed by atoms with E-state index in [0.717, 1.165) is 29.9 Å². The van der Waals surface area contributed by atoms with Crippen molar-refractivity contribution in [3.63, 3.8) is 0 Å². The standard InChI is InChI=1S/C12H16ClNO2/c1-8(14)5-9-6-11-12(7-10(9)13)16-4-2-3-15-11/h6-8H,2-5,14H2,1H3. The summed E-state index contributed by atoms with van der Waals surface area (Å²) in [5, 5.41) is 0.696. The predicted octanol–water partition coefficient (Wildman–Crippen LogP) is 2.39. The van der Waals surface area contributed by atoms with Crippen molar-refractivity contribution in [3.05, 3.63) is 22.7 Å². The van der Waals surface area contributed by atoms with Crippen LogP contribution in [0.1, 0.15) is 18.9 Å². The molecular formula is C12H16ClNO2. The van der Waals surface area contributed by atoms with Crippen LogP contribution in [0.3, 0.4) is 0 Å². The fourth-order valence-corrected chi connectivity index (χ4v) is 1.96. The molecule has 1 unspecified atom stereocenters. The topological polar surface area (TPSA) is 44.5 Å². The quantitative estimate of drug-likeness (QED) is 0.865. The fraction of sp³-hybridized carbons (Fsp3) is 0.500. The molecule has 1 aromatic rings. The Morgan fingerprint density at radius 2 is 1.94 bits per heavy atom. The van der Waals surface area contributed by atoms with Gasteiger partial charge in [0.15, 0.2) is 11.5 Å². The van der Waals surface area contributed by atoms with Crippen molar-refractivity contribution in [1.29, 1.82) is 0 Å². The van der Waals surface area contributed by atoms with Gasteiger partial charge in [-0.1, -0.05) is 11.6 Å². The lowest BCUT2D eigenvalue weighted by Gasteiger charge is -2.12. The van der Waals surface area contributed by atoms with Crippen molar-refractivity contribution in [2.45, 2.75) is 25.8 Å². The van der Waals surface area contributed by atoms with Crippen LogP contribution in [0.15, 0.2) is 12.1 Å². The van der Waals surface area contributed by atoms with Gasteiger partial charge in [0.1, 0.15) is 0 Å². The maximum absolute atomic E-state index is 6.17. The highest BCUT2D eigenvalue weighted by atomic mass is 35.5. The second-order valence-corrected chi connectivity index (χ2v) is 4.53. The van der Waals surface area contributed by atoms with Crippen molar-refractivity contribution in [1.82, 2.24) is 0 Å². The van der Waals surface area contributed by atoms with Crippen LogP contribution in [0.4, 0.5) is 0 Å². The van der Waals surface area contributed by atoms with Crippen molar-refractivity contribution in [2.24, 2.45) is 5.73 Å². The average Bonchev–Trinajstić information content (AvgIpc) is 2.42. The molecule has 0 fully saturated rings. The summed E-state index contributed by atoms with van der Waals surface area (Å²) in [5.74, 6) is 1.51. The first-order valence-electron chi connectivity index (χ1n) is 5.50. The first-order valence-corrected chi connectivity index (χ1v) is 5.88. The number of hydrogen-bond donors (Lipinski definition) is 1. The summed E-state index contributed by atoms with van der Waals surface area (Å²) in [5.41, 5.74) is 6.78. The number of rotatable bonds is 2. The maximum Gasteiger partial charge on any atom is 0.162 e. The molecule has 4 heteroatoms. The van der Waals surface area contributed by atoms with Gasteiger partial charge in [-0.15, -0.1) is 0 Å². The Kier molecular flexibility index (Phi) is 3.56. The number of fused-ring (bicyclic) bond motifs is 1. The molecule has 0 saturated carbocycles. The molecule has 2 rings (SSSR count). The molecule has 88 valence electrons. The van der Waals surface area contributed by atoms with E-state index in [2.05, 4.69) is 0 Å². The number of benzene rings is 1. The molecule has 1 heterocycles. The lowest BCUT2D eigenvalue weighted by molar-refractivity contribution is 0.297. The van der Waals surface area contributed by atoms with E-state index in [4.69, 9.17) is 26.8 Å². The van der Waals surface area contributed by atoms with E-state index < -0.39 is 0 Å². The highest BCUT2D eigenvalue weighted by Crippen LogP contribution is 2.35. The first-order chi connectivity index (χ1) is 7.66. The van der Waals surface area contributed by atoms with E-state index in [1.54, 1.807) is 0 Å². The Balaban J connectivity index is 2.31. The summed E-state index contributed by atoms with van der Waals surface area (Å²) in [6, 6.07) is 3.84. The second kappa shape index (κ2) is 4.93. The first kappa shape index (κ1) is 11.6. The summed E-state index contributed by atoms with van der Waals surface area (Å²) in [7, 11) is 0. The lowest BCUT2D eigenvalue weighted by Crippen LogP contribution is -2.18. The number of ether oxygens (including phenoxy) is 2. The van der Waals surface area contributed by atoms with Gasteiger partial charge in [-0.25, -0.2) is 0 Å². The third-order valence-corrected chi connectivity index (χ3v) is 2.81. The van der Waals surface area contributed by atoms with E-state index in [-0.39, 0.29) is 6.04 Å². The lowest BCUT2D eigenvalue weighted by atomic mass is 10.1. The SMILES string of the molecule is CC(N)Cc1cc2c(cc1Cl)OCCCO2. The van der Waals surface area contributed by atoms with Crippen LogP contribution in [-0.4, -0.2) is 19.3 Å². The van der Waals surface area contributed by atoms with Crippen LogP contribution in [0, 0.1) is 0 Å². The van der Waals surface area contributed by atoms with Gasteiger partial charge in [-0.05, 0) is 25.0 Å². The van der Waals surface area contributed by atoms with Crippen LogP contribution in [0.25, 0.3) is 0 Å². The zero-order valence-electron chi connectivity index (χ0n) is 9.33. The molecule has 16 heavy (non-hydrogen) atoms. The Hall–Kier alpha value is -0.930. The third-order valence-electron chi connectivity index (χ3n) is 2.46. The molecule has 1 aliphatic rings. The zero-order valence-corrected chi connectivity index (χ0v) is 10.1. The van der Waals surface area contributed by atoms with Crippen molar-refractivity contribution in [3.8, 4) is 11.5 Å². The van der Waals surface area contributed by atoms with E-state index in [9.17, 15) is 0 Å². The van der Waals surface area contributed by atoms with Gasteiger partial charge >= 0.3 is 0 Å². The molecule has 0 spiro atoms. The van der Waals surface area contributed by atoms with Crippen LogP contribution < -0.4 is 15.2 Å². The van der Waals surface area contributed by atoms with Crippen LogP contribution in [0.5, 0.6) is 11.5 Å². The Labute approximate surface area is 100 Å². The number of hydrogen-bond acceptors (Lipinski definition) is 3. The Bertz CT molecular complexity index is 380. The summed E-state index contributed by atoms with van der Waals surface area (Å²) in [6.07, 6.45) is 1.64. The van der Waals surface area contributed by atoms with Crippen LogP contribution >= 0.6 is 11.6 Å².